The summed E-state index contributed by atoms with van der Waals surface area (Å²) in [6.45, 7) is 4.09. The molecule has 0 amide bonds. The minimum absolute atomic E-state index is 0.0872. The van der Waals surface area contributed by atoms with Crippen molar-refractivity contribution < 1.29 is 19.6 Å². The van der Waals surface area contributed by atoms with E-state index in [2.05, 4.69) is 21.2 Å². The van der Waals surface area contributed by atoms with Crippen LogP contribution in [0.1, 0.15) is 57.8 Å². The molecular weight excluding hydrogens is 392 g/mol. The summed E-state index contributed by atoms with van der Waals surface area (Å²) in [6.07, 6.45) is 10.5. The van der Waals surface area contributed by atoms with E-state index in [1.807, 2.05) is 7.11 Å². The summed E-state index contributed by atoms with van der Waals surface area (Å²) in [6, 6.07) is 3.33. The quantitative estimate of drug-likeness (QED) is 0.637. The van der Waals surface area contributed by atoms with E-state index >= 15 is 0 Å². The molecule has 2 aliphatic heterocycles. The van der Waals surface area contributed by atoms with Crippen molar-refractivity contribution in [2.75, 3.05) is 40.5 Å². The number of rotatable bonds is 6. The molecule has 0 aromatic heterocycles. The molecule has 31 heavy (non-hydrogen) atoms. The number of hydrogen-bond donors (Lipinski definition) is 1. The van der Waals surface area contributed by atoms with Crippen LogP contribution in [0.2, 0.25) is 0 Å². The lowest BCUT2D eigenvalue weighted by molar-refractivity contribution is -0.678. The van der Waals surface area contributed by atoms with Gasteiger partial charge < -0.3 is 14.8 Å². The average molecular weight is 434 g/mol. The number of carbonyl (C=O) groups is 1. The molecule has 2 saturated carbocycles. The molecule has 0 radical (unpaired) electrons. The standard InChI is InChI=1S/C24H40N4O3/c1-30-20-8-6-17(7-9-20)13-28-16-26-21-11-22(24(29)31-2)27(15-23(21)28)14-19-5-3-4-18(10-19)12-25/h17-23,26H,3-11,13-16H2,1-2H3/p+1/t17?,18?,19?,20?,21?,22-,23?/m0/s1. The van der Waals surface area contributed by atoms with Crippen molar-refractivity contribution in [1.82, 2.24) is 9.80 Å². The maximum absolute atomic E-state index is 12.6. The zero-order valence-electron chi connectivity index (χ0n) is 19.4. The number of fused-ring (bicyclic) bond motifs is 1. The van der Waals surface area contributed by atoms with Gasteiger partial charge in [-0.1, -0.05) is 6.42 Å². The number of methoxy groups -OCH3 is 2. The van der Waals surface area contributed by atoms with Crippen LogP contribution in [0.15, 0.2) is 0 Å². The van der Waals surface area contributed by atoms with Crippen LogP contribution in [0.5, 0.6) is 0 Å². The van der Waals surface area contributed by atoms with Gasteiger partial charge in [0, 0.05) is 39.1 Å². The van der Waals surface area contributed by atoms with Gasteiger partial charge in [-0.2, -0.15) is 5.26 Å². The Hall–Kier alpha value is -1.20. The van der Waals surface area contributed by atoms with Gasteiger partial charge in [-0.15, -0.1) is 0 Å². The van der Waals surface area contributed by atoms with Crippen LogP contribution in [0.3, 0.4) is 0 Å². The first-order chi connectivity index (χ1) is 15.1. The number of carbonyl (C=O) groups excluding carboxylic acids is 1. The van der Waals surface area contributed by atoms with Crippen LogP contribution in [-0.4, -0.2) is 80.5 Å². The Balaban J connectivity index is 1.39. The fourth-order valence-corrected chi connectivity index (χ4v) is 6.69. The second kappa shape index (κ2) is 10.6. The van der Waals surface area contributed by atoms with Crippen molar-refractivity contribution >= 4 is 5.97 Å². The summed E-state index contributed by atoms with van der Waals surface area (Å²) in [5, 5.41) is 11.8. The zero-order chi connectivity index (χ0) is 21.8. The van der Waals surface area contributed by atoms with Crippen molar-refractivity contribution in [3.63, 3.8) is 0 Å². The summed E-state index contributed by atoms with van der Waals surface area (Å²) in [7, 11) is 3.35. The lowest BCUT2D eigenvalue weighted by Gasteiger charge is -2.43. The van der Waals surface area contributed by atoms with Gasteiger partial charge in [0.05, 0.1) is 25.3 Å². The number of nitrogens with zero attached hydrogens (tertiary/aromatic N) is 3. The van der Waals surface area contributed by atoms with Crippen molar-refractivity contribution in [3.05, 3.63) is 0 Å². The maximum atomic E-state index is 12.6. The summed E-state index contributed by atoms with van der Waals surface area (Å²) in [4.78, 5) is 17.7. The average Bonchev–Trinajstić information content (AvgIpc) is 3.20. The second-order valence-corrected chi connectivity index (χ2v) is 10.4. The van der Waals surface area contributed by atoms with Crippen LogP contribution in [0.4, 0.5) is 0 Å². The summed E-state index contributed by atoms with van der Waals surface area (Å²) < 4.78 is 10.7. The van der Waals surface area contributed by atoms with Crippen LogP contribution in [-0.2, 0) is 14.3 Å². The van der Waals surface area contributed by atoms with Crippen molar-refractivity contribution in [1.29, 1.82) is 5.26 Å². The number of nitrogens with two attached hydrogens (primary N) is 1. The van der Waals surface area contributed by atoms with Crippen molar-refractivity contribution in [2.24, 2.45) is 17.8 Å². The molecule has 0 aromatic carbocycles. The highest BCUT2D eigenvalue weighted by Gasteiger charge is 2.48. The van der Waals surface area contributed by atoms with E-state index in [4.69, 9.17) is 9.47 Å². The molecule has 2 heterocycles. The molecule has 2 saturated heterocycles. The molecular formula is C24H41N4O3+. The number of nitriles is 1. The smallest absolute Gasteiger partial charge is 0.323 e. The minimum Gasteiger partial charge on any atom is -0.468 e. The van der Waals surface area contributed by atoms with Crippen LogP contribution >= 0.6 is 0 Å². The third-order valence-corrected chi connectivity index (χ3v) is 8.51. The lowest BCUT2D eigenvalue weighted by Crippen LogP contribution is -2.89. The van der Waals surface area contributed by atoms with Gasteiger partial charge in [-0.3, -0.25) is 9.69 Å². The predicted octanol–water partition coefficient (Wildman–Crippen LogP) is 1.34. The summed E-state index contributed by atoms with van der Waals surface area (Å²) in [5.41, 5.74) is 0. The highest BCUT2D eigenvalue weighted by molar-refractivity contribution is 5.75. The Labute approximate surface area is 187 Å². The van der Waals surface area contributed by atoms with Gasteiger partial charge in [-0.05, 0) is 56.8 Å². The third-order valence-electron chi connectivity index (χ3n) is 8.51. The predicted molar refractivity (Wildman–Crippen MR) is 117 cm³/mol. The molecule has 0 bridgehead atoms. The largest absolute Gasteiger partial charge is 0.468 e. The highest BCUT2D eigenvalue weighted by atomic mass is 16.5. The molecule has 7 nitrogen and oxygen atoms in total. The van der Waals surface area contributed by atoms with Gasteiger partial charge in [-0.25, -0.2) is 4.90 Å². The zero-order valence-corrected chi connectivity index (χ0v) is 19.4. The summed E-state index contributed by atoms with van der Waals surface area (Å²) >= 11 is 0. The first-order valence-electron chi connectivity index (χ1n) is 12.4. The molecule has 4 fully saturated rings. The Kier molecular flexibility index (Phi) is 7.86. The van der Waals surface area contributed by atoms with E-state index < -0.39 is 0 Å². The number of hydrogen-bond acceptors (Lipinski definition) is 6. The molecule has 4 unspecified atom stereocenters. The number of esters is 1. The summed E-state index contributed by atoms with van der Waals surface area (Å²) in [5.74, 6) is 1.38. The minimum atomic E-state index is -0.137. The van der Waals surface area contributed by atoms with Crippen LogP contribution in [0, 0.1) is 29.1 Å². The van der Waals surface area contributed by atoms with E-state index in [1.54, 1.807) is 0 Å². The van der Waals surface area contributed by atoms with Crippen LogP contribution in [0.25, 0.3) is 0 Å². The number of ether oxygens (including phenoxy) is 2. The van der Waals surface area contributed by atoms with Crippen molar-refractivity contribution in [3.8, 4) is 6.07 Å². The number of likely N-dealkylation sites (tertiary alicyclic amines) is 1. The Morgan fingerprint density at radius 2 is 1.81 bits per heavy atom. The molecule has 2 N–H and O–H groups in total. The van der Waals surface area contributed by atoms with Gasteiger partial charge in [0.25, 0.3) is 0 Å². The Morgan fingerprint density at radius 3 is 2.52 bits per heavy atom. The van der Waals surface area contributed by atoms with E-state index in [1.165, 1.54) is 45.8 Å². The first-order valence-corrected chi connectivity index (χ1v) is 12.4. The topological polar surface area (TPSA) is 82.4 Å². The first kappa shape index (κ1) is 23.0. The highest BCUT2D eigenvalue weighted by Crippen LogP contribution is 2.33. The molecule has 174 valence electrons. The van der Waals surface area contributed by atoms with E-state index in [9.17, 15) is 10.1 Å². The molecule has 0 spiro atoms. The number of piperidine rings is 1. The van der Waals surface area contributed by atoms with Gasteiger partial charge >= 0.3 is 5.97 Å². The SMILES string of the molecule is COC(=O)[C@@H]1CC2[NH2+]CN(CC3CCC(OC)CC3)C2CN1CC1CCCC(C#N)C1. The Bertz CT molecular complexity index is 645. The van der Waals surface area contributed by atoms with Gasteiger partial charge in [0.15, 0.2) is 0 Å². The molecule has 4 rings (SSSR count). The Morgan fingerprint density at radius 1 is 1.03 bits per heavy atom. The molecule has 7 heteroatoms. The fraction of sp³-hybridized carbons (Fsp3) is 0.917. The van der Waals surface area contributed by atoms with E-state index in [0.717, 1.165) is 51.4 Å². The third kappa shape index (κ3) is 5.42. The lowest BCUT2D eigenvalue weighted by atomic mass is 9.81. The number of quaternary nitrogens is 1. The molecule has 0 aromatic rings. The monoisotopic (exact) mass is 433 g/mol. The van der Waals surface area contributed by atoms with Gasteiger partial charge in [0.2, 0.25) is 0 Å². The molecule has 5 atom stereocenters. The normalized spacial score (nSPS) is 39.6. The van der Waals surface area contributed by atoms with E-state index in [-0.39, 0.29) is 17.9 Å². The molecule has 2 aliphatic carbocycles. The van der Waals surface area contributed by atoms with Crippen molar-refractivity contribution in [2.45, 2.75) is 82.0 Å². The van der Waals surface area contributed by atoms with Gasteiger partial charge in [0.1, 0.15) is 18.8 Å². The maximum Gasteiger partial charge on any atom is 0.323 e. The van der Waals surface area contributed by atoms with E-state index in [0.29, 0.717) is 24.1 Å². The van der Waals surface area contributed by atoms with Crippen LogP contribution < -0.4 is 5.32 Å². The molecule has 4 aliphatic rings. The fourth-order valence-electron chi connectivity index (χ4n) is 6.69. The second-order valence-electron chi connectivity index (χ2n) is 10.4.